The molecule has 2 aromatic carbocycles. The molecule has 1 fully saturated rings. The van der Waals surface area contributed by atoms with E-state index in [1.165, 1.54) is 4.90 Å². The molecule has 2 heterocycles. The number of amides is 1. The van der Waals surface area contributed by atoms with Crippen LogP contribution in [0.15, 0.2) is 78.6 Å². The second kappa shape index (κ2) is 8.62. The van der Waals surface area contributed by atoms with Crippen LogP contribution in [0.3, 0.4) is 0 Å². The SMILES string of the molecule is COc1ccc(CN2C(=O)C(=O)/C(=C(\O)c3ccc(Cl)cc3)C2c2ccncc2)cc1. The summed E-state index contributed by atoms with van der Waals surface area (Å²) in [5.74, 6) is -0.954. The number of carbonyl (C=O) groups is 2. The highest BCUT2D eigenvalue weighted by atomic mass is 35.5. The number of aliphatic hydroxyl groups is 1. The zero-order valence-electron chi connectivity index (χ0n) is 16.7. The van der Waals surface area contributed by atoms with Gasteiger partial charge in [0.25, 0.3) is 11.7 Å². The molecule has 1 unspecified atom stereocenters. The maximum atomic E-state index is 13.0. The highest BCUT2D eigenvalue weighted by molar-refractivity contribution is 6.46. The predicted octanol–water partition coefficient (Wildman–Crippen LogP) is 4.37. The Labute approximate surface area is 184 Å². The van der Waals surface area contributed by atoms with Gasteiger partial charge in [-0.2, -0.15) is 0 Å². The van der Waals surface area contributed by atoms with Crippen molar-refractivity contribution in [1.29, 1.82) is 0 Å². The van der Waals surface area contributed by atoms with E-state index in [1.54, 1.807) is 68.0 Å². The van der Waals surface area contributed by atoms with Gasteiger partial charge in [-0.25, -0.2) is 0 Å². The Kier molecular flexibility index (Phi) is 5.73. The number of aliphatic hydroxyl groups excluding tert-OH is 1. The molecule has 1 amide bonds. The molecule has 1 aliphatic rings. The maximum absolute atomic E-state index is 13.0. The number of carbonyl (C=O) groups excluding carboxylic acids is 2. The fourth-order valence-corrected chi connectivity index (χ4v) is 3.75. The molecule has 3 aromatic rings. The van der Waals surface area contributed by atoms with Gasteiger partial charge in [0.1, 0.15) is 11.5 Å². The lowest BCUT2D eigenvalue weighted by atomic mass is 9.96. The number of nitrogens with zero attached hydrogens (tertiary/aromatic N) is 2. The quantitative estimate of drug-likeness (QED) is 0.366. The molecule has 1 saturated heterocycles. The predicted molar refractivity (Wildman–Crippen MR) is 117 cm³/mol. The van der Waals surface area contributed by atoms with E-state index in [9.17, 15) is 14.7 Å². The van der Waals surface area contributed by atoms with E-state index in [0.717, 1.165) is 5.56 Å². The zero-order chi connectivity index (χ0) is 22.0. The largest absolute Gasteiger partial charge is 0.507 e. The summed E-state index contributed by atoms with van der Waals surface area (Å²) in [5.41, 5.74) is 1.95. The zero-order valence-corrected chi connectivity index (χ0v) is 17.4. The Hall–Kier alpha value is -3.64. The van der Waals surface area contributed by atoms with Crippen molar-refractivity contribution in [3.8, 4) is 5.75 Å². The molecule has 1 N–H and O–H groups in total. The van der Waals surface area contributed by atoms with Crippen LogP contribution in [0.4, 0.5) is 0 Å². The minimum absolute atomic E-state index is 0.0343. The van der Waals surface area contributed by atoms with Crippen molar-refractivity contribution in [2.24, 2.45) is 0 Å². The van der Waals surface area contributed by atoms with Crippen LogP contribution in [0.25, 0.3) is 5.76 Å². The number of ether oxygens (including phenoxy) is 1. The number of benzene rings is 2. The summed E-state index contributed by atoms with van der Waals surface area (Å²) in [6.07, 6.45) is 3.18. The second-order valence-electron chi connectivity index (χ2n) is 7.06. The average Bonchev–Trinajstić information content (AvgIpc) is 3.05. The van der Waals surface area contributed by atoms with Crippen molar-refractivity contribution in [2.45, 2.75) is 12.6 Å². The Bertz CT molecular complexity index is 1140. The lowest BCUT2D eigenvalue weighted by Gasteiger charge is -2.25. The van der Waals surface area contributed by atoms with E-state index in [-0.39, 0.29) is 17.9 Å². The van der Waals surface area contributed by atoms with Gasteiger partial charge in [-0.15, -0.1) is 0 Å². The van der Waals surface area contributed by atoms with Crippen LogP contribution in [0.2, 0.25) is 5.02 Å². The van der Waals surface area contributed by atoms with Crippen molar-refractivity contribution < 1.29 is 19.4 Å². The maximum Gasteiger partial charge on any atom is 0.295 e. The Morgan fingerprint density at radius 3 is 2.29 bits per heavy atom. The monoisotopic (exact) mass is 434 g/mol. The third kappa shape index (κ3) is 4.02. The Morgan fingerprint density at radius 1 is 1.03 bits per heavy atom. The summed E-state index contributed by atoms with van der Waals surface area (Å²) in [6.45, 7) is 0.193. The summed E-state index contributed by atoms with van der Waals surface area (Å²) >= 11 is 5.94. The number of methoxy groups -OCH3 is 1. The molecule has 0 radical (unpaired) electrons. The number of halogens is 1. The second-order valence-corrected chi connectivity index (χ2v) is 7.50. The summed E-state index contributed by atoms with van der Waals surface area (Å²) in [7, 11) is 1.58. The third-order valence-corrected chi connectivity index (χ3v) is 5.44. The summed E-state index contributed by atoms with van der Waals surface area (Å²) in [5, 5.41) is 11.5. The first-order chi connectivity index (χ1) is 15.0. The molecule has 7 heteroatoms. The van der Waals surface area contributed by atoms with E-state index >= 15 is 0 Å². The van der Waals surface area contributed by atoms with Crippen LogP contribution in [0.1, 0.15) is 22.7 Å². The lowest BCUT2D eigenvalue weighted by Crippen LogP contribution is -2.29. The molecule has 31 heavy (non-hydrogen) atoms. The molecule has 156 valence electrons. The average molecular weight is 435 g/mol. The first kappa shape index (κ1) is 20.6. The normalized spacial score (nSPS) is 17.7. The van der Waals surface area contributed by atoms with E-state index in [1.807, 2.05) is 12.1 Å². The number of aromatic nitrogens is 1. The van der Waals surface area contributed by atoms with E-state index in [2.05, 4.69) is 4.98 Å². The minimum Gasteiger partial charge on any atom is -0.507 e. The molecule has 6 nitrogen and oxygen atoms in total. The molecule has 1 atom stereocenters. The number of rotatable bonds is 5. The van der Waals surface area contributed by atoms with Crippen molar-refractivity contribution in [1.82, 2.24) is 9.88 Å². The molecular weight excluding hydrogens is 416 g/mol. The summed E-state index contributed by atoms with van der Waals surface area (Å²) in [4.78, 5) is 31.5. The lowest BCUT2D eigenvalue weighted by molar-refractivity contribution is -0.140. The van der Waals surface area contributed by atoms with Gasteiger partial charge in [-0.05, 0) is 59.7 Å². The standard InChI is InChI=1S/C24H19ClN2O4/c1-31-19-8-2-15(3-9-19)14-27-21(16-10-12-26-13-11-16)20(23(29)24(27)30)22(28)17-4-6-18(25)7-5-17/h2-13,21,28H,14H2,1H3/b22-20-. The number of Topliss-reactive ketones (excluding diaryl/α,β-unsaturated/α-hetero) is 1. The fourth-order valence-electron chi connectivity index (χ4n) is 3.63. The van der Waals surface area contributed by atoms with E-state index in [0.29, 0.717) is 21.9 Å². The van der Waals surface area contributed by atoms with Gasteiger partial charge in [0.2, 0.25) is 0 Å². The van der Waals surface area contributed by atoms with E-state index < -0.39 is 17.7 Å². The van der Waals surface area contributed by atoms with Crippen LogP contribution in [0, 0.1) is 0 Å². The number of hydrogen-bond donors (Lipinski definition) is 1. The minimum atomic E-state index is -0.749. The van der Waals surface area contributed by atoms with Gasteiger partial charge >= 0.3 is 0 Å². The number of pyridine rings is 1. The first-order valence-electron chi connectivity index (χ1n) is 9.57. The van der Waals surface area contributed by atoms with Crippen molar-refractivity contribution >= 4 is 29.1 Å². The van der Waals surface area contributed by atoms with Gasteiger partial charge < -0.3 is 14.7 Å². The topological polar surface area (TPSA) is 79.7 Å². The van der Waals surface area contributed by atoms with Gasteiger partial charge in [-0.1, -0.05) is 23.7 Å². The molecule has 0 aliphatic carbocycles. The fraction of sp³-hybridized carbons (Fsp3) is 0.125. The third-order valence-electron chi connectivity index (χ3n) is 5.19. The first-order valence-corrected chi connectivity index (χ1v) is 9.94. The van der Waals surface area contributed by atoms with Crippen LogP contribution >= 0.6 is 11.6 Å². The van der Waals surface area contributed by atoms with Crippen molar-refractivity contribution in [3.63, 3.8) is 0 Å². The number of hydrogen-bond acceptors (Lipinski definition) is 5. The van der Waals surface area contributed by atoms with E-state index in [4.69, 9.17) is 16.3 Å². The summed E-state index contributed by atoms with van der Waals surface area (Å²) < 4.78 is 5.18. The molecule has 1 aliphatic heterocycles. The molecular formula is C24H19ClN2O4. The highest BCUT2D eigenvalue weighted by Crippen LogP contribution is 2.40. The summed E-state index contributed by atoms with van der Waals surface area (Å²) in [6, 6.07) is 16.4. The molecule has 0 bridgehead atoms. The van der Waals surface area contributed by atoms with Gasteiger partial charge in [0.15, 0.2) is 0 Å². The highest BCUT2D eigenvalue weighted by Gasteiger charge is 2.46. The van der Waals surface area contributed by atoms with Crippen molar-refractivity contribution in [3.05, 3.63) is 100 Å². The number of likely N-dealkylation sites (tertiary alicyclic amines) is 1. The van der Waals surface area contributed by atoms with Crippen LogP contribution in [0.5, 0.6) is 5.75 Å². The van der Waals surface area contributed by atoms with Gasteiger partial charge in [-0.3, -0.25) is 14.6 Å². The van der Waals surface area contributed by atoms with Gasteiger partial charge in [0.05, 0.1) is 18.7 Å². The molecule has 0 spiro atoms. The van der Waals surface area contributed by atoms with Crippen LogP contribution in [-0.4, -0.2) is 33.8 Å². The molecule has 1 aromatic heterocycles. The van der Waals surface area contributed by atoms with Crippen LogP contribution in [-0.2, 0) is 16.1 Å². The van der Waals surface area contributed by atoms with Gasteiger partial charge in [0, 0.05) is 29.5 Å². The van der Waals surface area contributed by atoms with Crippen molar-refractivity contribution in [2.75, 3.05) is 7.11 Å². The number of ketones is 1. The van der Waals surface area contributed by atoms with Crippen LogP contribution < -0.4 is 4.74 Å². The molecule has 4 rings (SSSR count). The molecule has 0 saturated carbocycles. The Balaban J connectivity index is 1.80. The Morgan fingerprint density at radius 2 is 1.68 bits per heavy atom. The smallest absolute Gasteiger partial charge is 0.295 e.